The number of rotatable bonds is 13. The number of carbonyl (C=O) groups is 1. The van der Waals surface area contributed by atoms with Crippen LogP contribution in [0.4, 0.5) is 0 Å². The van der Waals surface area contributed by atoms with Gasteiger partial charge in [-0.05, 0) is 24.8 Å². The Bertz CT molecular complexity index is 425. The van der Waals surface area contributed by atoms with Crippen molar-refractivity contribution >= 4 is 5.97 Å². The second-order valence-corrected chi connectivity index (χ2v) is 7.31. The topological polar surface area (TPSA) is 26.3 Å². The molecule has 1 rings (SSSR count). The van der Waals surface area contributed by atoms with E-state index in [1.165, 1.54) is 51.4 Å². The van der Waals surface area contributed by atoms with E-state index < -0.39 is 0 Å². The summed E-state index contributed by atoms with van der Waals surface area (Å²) < 4.78 is 5.40. The quantitative estimate of drug-likeness (QED) is 0.304. The van der Waals surface area contributed by atoms with Gasteiger partial charge >= 0.3 is 5.97 Å². The van der Waals surface area contributed by atoms with Crippen molar-refractivity contribution in [1.29, 1.82) is 0 Å². The molecule has 1 aromatic rings. The van der Waals surface area contributed by atoms with Crippen LogP contribution in [0.25, 0.3) is 0 Å². The summed E-state index contributed by atoms with van der Waals surface area (Å²) in [4.78, 5) is 12.0. The van der Waals surface area contributed by atoms with Crippen LogP contribution in [-0.2, 0) is 9.53 Å². The van der Waals surface area contributed by atoms with Gasteiger partial charge in [0.15, 0.2) is 0 Å². The van der Waals surface area contributed by atoms with E-state index in [1.807, 2.05) is 37.3 Å². The van der Waals surface area contributed by atoms with Gasteiger partial charge < -0.3 is 4.74 Å². The standard InChI is InChI=1S/C22H36O2/c1-19(2)15-11-8-6-4-5-7-9-14-18-24-22(23)20(3)21-16-12-10-13-17-21/h10,12-13,16-17,19-20H,4-9,11,14-15,18H2,1-3H3. The van der Waals surface area contributed by atoms with Crippen LogP contribution >= 0.6 is 0 Å². The average molecular weight is 333 g/mol. The van der Waals surface area contributed by atoms with Crippen LogP contribution in [0, 0.1) is 5.92 Å². The first-order chi connectivity index (χ1) is 11.6. The molecule has 0 N–H and O–H groups in total. The van der Waals surface area contributed by atoms with Crippen molar-refractivity contribution in [3.63, 3.8) is 0 Å². The normalized spacial score (nSPS) is 12.3. The lowest BCUT2D eigenvalue weighted by Gasteiger charge is -2.11. The monoisotopic (exact) mass is 332 g/mol. The minimum Gasteiger partial charge on any atom is -0.465 e. The number of carbonyl (C=O) groups excluding carboxylic acids is 1. The Kier molecular flexibility index (Phi) is 11.3. The highest BCUT2D eigenvalue weighted by atomic mass is 16.5. The van der Waals surface area contributed by atoms with E-state index in [4.69, 9.17) is 4.74 Å². The van der Waals surface area contributed by atoms with Crippen LogP contribution in [0.2, 0.25) is 0 Å². The lowest BCUT2D eigenvalue weighted by Crippen LogP contribution is -2.13. The van der Waals surface area contributed by atoms with Gasteiger partial charge in [0.2, 0.25) is 0 Å². The number of hydrogen-bond acceptors (Lipinski definition) is 2. The zero-order valence-electron chi connectivity index (χ0n) is 15.9. The van der Waals surface area contributed by atoms with Crippen molar-refractivity contribution in [2.75, 3.05) is 6.61 Å². The molecular formula is C22H36O2. The molecule has 2 nitrogen and oxygen atoms in total. The molecule has 1 aromatic carbocycles. The fourth-order valence-electron chi connectivity index (χ4n) is 2.89. The molecule has 0 saturated carbocycles. The fourth-order valence-corrected chi connectivity index (χ4v) is 2.89. The number of ether oxygens (including phenoxy) is 1. The zero-order chi connectivity index (χ0) is 17.6. The Hall–Kier alpha value is -1.31. The van der Waals surface area contributed by atoms with Crippen LogP contribution in [0.3, 0.4) is 0 Å². The Balaban J connectivity index is 1.94. The van der Waals surface area contributed by atoms with Crippen molar-refractivity contribution in [1.82, 2.24) is 0 Å². The summed E-state index contributed by atoms with van der Waals surface area (Å²) in [6.45, 7) is 7.07. The molecule has 0 spiro atoms. The van der Waals surface area contributed by atoms with Crippen molar-refractivity contribution < 1.29 is 9.53 Å². The van der Waals surface area contributed by atoms with E-state index in [-0.39, 0.29) is 11.9 Å². The highest BCUT2D eigenvalue weighted by Gasteiger charge is 2.15. The molecular weight excluding hydrogens is 296 g/mol. The lowest BCUT2D eigenvalue weighted by molar-refractivity contribution is -0.145. The molecule has 0 saturated heterocycles. The zero-order valence-corrected chi connectivity index (χ0v) is 15.9. The number of esters is 1. The number of unbranched alkanes of at least 4 members (excludes halogenated alkanes) is 7. The molecule has 0 aliphatic carbocycles. The molecule has 0 radical (unpaired) electrons. The summed E-state index contributed by atoms with van der Waals surface area (Å²) in [5.41, 5.74) is 1.03. The van der Waals surface area contributed by atoms with Gasteiger partial charge in [0, 0.05) is 0 Å². The molecule has 0 fully saturated rings. The molecule has 0 aliphatic rings. The molecule has 1 unspecified atom stereocenters. The predicted octanol–water partition coefficient (Wildman–Crippen LogP) is 6.50. The van der Waals surface area contributed by atoms with Crippen LogP contribution < -0.4 is 0 Å². The molecule has 136 valence electrons. The number of hydrogen-bond donors (Lipinski definition) is 0. The maximum absolute atomic E-state index is 12.0. The largest absolute Gasteiger partial charge is 0.465 e. The Morgan fingerprint density at radius 1 is 0.833 bits per heavy atom. The molecule has 0 heterocycles. The van der Waals surface area contributed by atoms with Crippen LogP contribution in [0.1, 0.15) is 90.0 Å². The third-order valence-corrected chi connectivity index (χ3v) is 4.57. The maximum Gasteiger partial charge on any atom is 0.313 e. The average Bonchev–Trinajstić information content (AvgIpc) is 2.59. The van der Waals surface area contributed by atoms with Gasteiger partial charge in [-0.15, -0.1) is 0 Å². The van der Waals surface area contributed by atoms with E-state index in [9.17, 15) is 4.79 Å². The van der Waals surface area contributed by atoms with Crippen molar-refractivity contribution in [3.05, 3.63) is 35.9 Å². The van der Waals surface area contributed by atoms with Crippen molar-refractivity contribution in [2.45, 2.75) is 84.5 Å². The summed E-state index contributed by atoms with van der Waals surface area (Å²) in [6, 6.07) is 9.84. The Morgan fingerprint density at radius 3 is 1.96 bits per heavy atom. The van der Waals surface area contributed by atoms with E-state index in [1.54, 1.807) is 0 Å². The SMILES string of the molecule is CC(C)CCCCCCCCCCOC(=O)C(C)c1ccccc1. The maximum atomic E-state index is 12.0. The molecule has 1 atom stereocenters. The first kappa shape index (κ1) is 20.7. The van der Waals surface area contributed by atoms with E-state index in [2.05, 4.69) is 13.8 Å². The summed E-state index contributed by atoms with van der Waals surface area (Å²) in [6.07, 6.45) is 11.6. The highest BCUT2D eigenvalue weighted by molar-refractivity contribution is 5.77. The van der Waals surface area contributed by atoms with Crippen LogP contribution in [0.15, 0.2) is 30.3 Å². The first-order valence-corrected chi connectivity index (χ1v) is 9.83. The third kappa shape index (κ3) is 9.75. The Labute approximate surface area is 149 Å². The molecule has 0 amide bonds. The van der Waals surface area contributed by atoms with E-state index in [0.29, 0.717) is 6.61 Å². The van der Waals surface area contributed by atoms with Crippen LogP contribution in [0.5, 0.6) is 0 Å². The summed E-state index contributed by atoms with van der Waals surface area (Å²) in [7, 11) is 0. The minimum absolute atomic E-state index is 0.105. The Morgan fingerprint density at radius 2 is 1.38 bits per heavy atom. The fraction of sp³-hybridized carbons (Fsp3) is 0.682. The second-order valence-electron chi connectivity index (χ2n) is 7.31. The summed E-state index contributed by atoms with van der Waals surface area (Å²) >= 11 is 0. The van der Waals surface area contributed by atoms with Gasteiger partial charge in [-0.25, -0.2) is 0 Å². The predicted molar refractivity (Wildman–Crippen MR) is 102 cm³/mol. The second kappa shape index (κ2) is 13.0. The lowest BCUT2D eigenvalue weighted by atomic mass is 10.0. The number of benzene rings is 1. The van der Waals surface area contributed by atoms with Gasteiger partial charge in [0.05, 0.1) is 12.5 Å². The van der Waals surface area contributed by atoms with Crippen LogP contribution in [-0.4, -0.2) is 12.6 Å². The van der Waals surface area contributed by atoms with Crippen molar-refractivity contribution in [2.24, 2.45) is 5.92 Å². The van der Waals surface area contributed by atoms with E-state index in [0.717, 1.165) is 17.9 Å². The minimum atomic E-state index is -0.169. The first-order valence-electron chi connectivity index (χ1n) is 9.83. The van der Waals surface area contributed by atoms with Gasteiger partial charge in [-0.3, -0.25) is 4.79 Å². The highest BCUT2D eigenvalue weighted by Crippen LogP contribution is 2.17. The summed E-state index contributed by atoms with van der Waals surface area (Å²) in [5, 5.41) is 0. The molecule has 0 aromatic heterocycles. The third-order valence-electron chi connectivity index (χ3n) is 4.57. The van der Waals surface area contributed by atoms with Gasteiger partial charge in [0.25, 0.3) is 0 Å². The molecule has 0 aliphatic heterocycles. The summed E-state index contributed by atoms with van der Waals surface area (Å²) in [5.74, 6) is 0.570. The molecule has 0 bridgehead atoms. The molecule has 2 heteroatoms. The molecule has 24 heavy (non-hydrogen) atoms. The van der Waals surface area contributed by atoms with Gasteiger partial charge in [0.1, 0.15) is 0 Å². The van der Waals surface area contributed by atoms with E-state index >= 15 is 0 Å². The van der Waals surface area contributed by atoms with Crippen molar-refractivity contribution in [3.8, 4) is 0 Å². The van der Waals surface area contributed by atoms with Gasteiger partial charge in [-0.1, -0.05) is 95.5 Å². The smallest absolute Gasteiger partial charge is 0.313 e. The van der Waals surface area contributed by atoms with Gasteiger partial charge in [-0.2, -0.15) is 0 Å².